The van der Waals surface area contributed by atoms with E-state index in [4.69, 9.17) is 9.47 Å². The van der Waals surface area contributed by atoms with Gasteiger partial charge in [-0.2, -0.15) is 0 Å². The number of anilines is 2. The Morgan fingerprint density at radius 1 is 0.791 bits per heavy atom. The van der Waals surface area contributed by atoms with Crippen molar-refractivity contribution in [1.82, 2.24) is 0 Å². The second kappa shape index (κ2) is 9.98. The minimum absolute atomic E-state index is 0.262. The number of methoxy groups -OCH3 is 2. The summed E-state index contributed by atoms with van der Waals surface area (Å²) in [5.74, 6) is -0.878. The summed E-state index contributed by atoms with van der Waals surface area (Å²) in [7, 11) is 3.09. The maximum atomic E-state index is 15.0. The molecule has 7 heteroatoms. The Bertz CT molecular complexity index is 1840. The quantitative estimate of drug-likeness (QED) is 0.289. The number of allylic oxidation sites excluding steroid dienone is 1. The first-order valence-electron chi connectivity index (χ1n) is 14.2. The third-order valence-electron chi connectivity index (χ3n) is 9.14. The maximum Gasteiger partial charge on any atom is 0.238 e. The molecule has 1 saturated heterocycles. The van der Waals surface area contributed by atoms with E-state index in [9.17, 15) is 14.4 Å². The molecule has 0 saturated carbocycles. The number of para-hydroxylation sites is 2. The normalized spacial score (nSPS) is 23.1. The van der Waals surface area contributed by atoms with E-state index in [0.29, 0.717) is 33.9 Å². The Morgan fingerprint density at radius 3 is 2.12 bits per heavy atom. The number of benzene rings is 4. The molecule has 214 valence electrons. The Balaban J connectivity index is 1.55. The third-order valence-corrected chi connectivity index (χ3v) is 9.14. The minimum atomic E-state index is -1.38. The maximum absolute atomic E-state index is 15.0. The van der Waals surface area contributed by atoms with Crippen molar-refractivity contribution in [2.75, 3.05) is 24.4 Å². The molecule has 3 aliphatic heterocycles. The van der Waals surface area contributed by atoms with E-state index in [1.165, 1.54) is 0 Å². The number of ether oxygens (including phenoxy) is 2. The Morgan fingerprint density at radius 2 is 1.42 bits per heavy atom. The zero-order valence-electron chi connectivity index (χ0n) is 24.0. The lowest BCUT2D eigenvalue weighted by Gasteiger charge is -2.39. The van der Waals surface area contributed by atoms with Gasteiger partial charge in [-0.15, -0.1) is 0 Å². The number of rotatable bonds is 6. The van der Waals surface area contributed by atoms with Gasteiger partial charge < -0.3 is 19.7 Å². The molecule has 3 heterocycles. The highest BCUT2D eigenvalue weighted by atomic mass is 16.5. The molecular weight excluding hydrogens is 540 g/mol. The van der Waals surface area contributed by atoms with Gasteiger partial charge in [-0.3, -0.25) is 14.4 Å². The Kier molecular flexibility index (Phi) is 6.20. The monoisotopic (exact) mass is 570 g/mol. The van der Waals surface area contributed by atoms with Crippen molar-refractivity contribution in [3.63, 3.8) is 0 Å². The number of nitrogens with one attached hydrogen (secondary N) is 1. The van der Waals surface area contributed by atoms with Crippen molar-refractivity contribution in [2.45, 2.75) is 24.4 Å². The van der Waals surface area contributed by atoms with E-state index in [0.717, 1.165) is 16.8 Å². The number of Topliss-reactive ketones (excluding diaryl/α,β-unsaturated/α-hetero) is 2. The molecule has 0 unspecified atom stereocenters. The first-order chi connectivity index (χ1) is 20.9. The van der Waals surface area contributed by atoms with Gasteiger partial charge in [0.2, 0.25) is 5.91 Å². The van der Waals surface area contributed by atoms with Gasteiger partial charge in [0.05, 0.1) is 26.2 Å². The van der Waals surface area contributed by atoms with Crippen LogP contribution in [0.15, 0.2) is 103 Å². The molecule has 7 nitrogen and oxygen atoms in total. The van der Waals surface area contributed by atoms with Crippen molar-refractivity contribution in [3.8, 4) is 11.5 Å². The van der Waals surface area contributed by atoms with Crippen LogP contribution in [0.3, 0.4) is 0 Å². The van der Waals surface area contributed by atoms with Gasteiger partial charge in [-0.1, -0.05) is 66.7 Å². The van der Waals surface area contributed by atoms with Crippen LogP contribution in [0.1, 0.15) is 38.8 Å². The van der Waals surface area contributed by atoms with Crippen LogP contribution in [0.4, 0.5) is 11.4 Å². The summed E-state index contributed by atoms with van der Waals surface area (Å²) in [6.07, 6.45) is 2.05. The van der Waals surface area contributed by atoms with Crippen molar-refractivity contribution in [1.29, 1.82) is 0 Å². The number of ketones is 2. The summed E-state index contributed by atoms with van der Waals surface area (Å²) in [5.41, 5.74) is 3.50. The SMILES string of the molecule is COc1cccc(C(=O)[C@@H]2[C@H](C(=O)c3cccc(OC)c3)[C@@]3(C(=O)Nc4ccccc43)[C@@H]3C=C(C)c4ccccc4N23)c1. The molecular formula is C36H30N2O5. The van der Waals surface area contributed by atoms with Crippen molar-refractivity contribution >= 4 is 34.4 Å². The number of hydrogen-bond donors (Lipinski definition) is 1. The molecule has 3 aliphatic rings. The minimum Gasteiger partial charge on any atom is -0.497 e. The number of nitrogens with zero attached hydrogens (tertiary/aromatic N) is 1. The van der Waals surface area contributed by atoms with Gasteiger partial charge in [-0.25, -0.2) is 0 Å². The lowest BCUT2D eigenvalue weighted by atomic mass is 9.64. The van der Waals surface area contributed by atoms with E-state index in [-0.39, 0.29) is 17.5 Å². The van der Waals surface area contributed by atoms with Crippen LogP contribution in [0, 0.1) is 5.92 Å². The summed E-state index contributed by atoms with van der Waals surface area (Å²) in [6, 6.07) is 27.6. The van der Waals surface area contributed by atoms with E-state index in [2.05, 4.69) is 11.4 Å². The van der Waals surface area contributed by atoms with E-state index in [1.807, 2.05) is 60.4 Å². The van der Waals surface area contributed by atoms with Gasteiger partial charge >= 0.3 is 0 Å². The van der Waals surface area contributed by atoms with Crippen LogP contribution < -0.4 is 19.7 Å². The standard InChI is InChI=1S/C36H30N2O5/c1-21-18-30-36(27-15-5-6-16-28(27)37-35(36)41)31(33(39)22-10-8-12-24(19-22)42-2)32(38(30)29-17-7-4-14-26(21)29)34(40)23-11-9-13-25(20-23)43-3/h4-20,30-32H,1-3H3,(H,37,41)/t30-,31+,32-,36-/m0/s1. The van der Waals surface area contributed by atoms with Crippen molar-refractivity contribution < 1.29 is 23.9 Å². The van der Waals surface area contributed by atoms with Gasteiger partial charge in [0.15, 0.2) is 11.6 Å². The summed E-state index contributed by atoms with van der Waals surface area (Å²) in [6.45, 7) is 2.01. The molecule has 0 radical (unpaired) electrons. The second-order valence-corrected chi connectivity index (χ2v) is 11.2. The van der Waals surface area contributed by atoms with Crippen LogP contribution in [0.2, 0.25) is 0 Å². The second-order valence-electron chi connectivity index (χ2n) is 11.2. The molecule has 4 aromatic carbocycles. The Labute approximate surface area is 249 Å². The molecule has 1 amide bonds. The summed E-state index contributed by atoms with van der Waals surface area (Å²) < 4.78 is 10.9. The zero-order chi connectivity index (χ0) is 29.9. The van der Waals surface area contributed by atoms with E-state index in [1.54, 1.807) is 62.8 Å². The fourth-order valence-corrected chi connectivity index (χ4v) is 7.29. The number of hydrogen-bond acceptors (Lipinski definition) is 6. The van der Waals surface area contributed by atoms with Gasteiger partial charge in [0.25, 0.3) is 0 Å². The van der Waals surface area contributed by atoms with Crippen LogP contribution >= 0.6 is 0 Å². The molecule has 0 aliphatic carbocycles. The molecule has 1 N–H and O–H groups in total. The average molecular weight is 571 g/mol. The van der Waals surface area contributed by atoms with Gasteiger partial charge in [0, 0.05) is 28.1 Å². The highest BCUT2D eigenvalue weighted by Crippen LogP contribution is 2.58. The molecule has 7 rings (SSSR count). The van der Waals surface area contributed by atoms with Crippen LogP contribution in [0.5, 0.6) is 11.5 Å². The van der Waals surface area contributed by atoms with Crippen molar-refractivity contribution in [2.24, 2.45) is 5.92 Å². The lowest BCUT2D eigenvalue weighted by molar-refractivity contribution is -0.121. The van der Waals surface area contributed by atoms with Gasteiger partial charge in [-0.05, 0) is 54.5 Å². The first-order valence-corrected chi connectivity index (χ1v) is 14.2. The van der Waals surface area contributed by atoms with Crippen LogP contribution in [-0.2, 0) is 10.2 Å². The van der Waals surface area contributed by atoms with E-state index < -0.39 is 23.4 Å². The largest absolute Gasteiger partial charge is 0.497 e. The Hall–Kier alpha value is -5.17. The highest BCUT2D eigenvalue weighted by Gasteiger charge is 2.70. The summed E-state index contributed by atoms with van der Waals surface area (Å²) >= 11 is 0. The topological polar surface area (TPSA) is 84.9 Å². The molecule has 0 aromatic heterocycles. The molecule has 1 spiro atoms. The predicted octanol–water partition coefficient (Wildman–Crippen LogP) is 5.95. The number of carbonyl (C=O) groups excluding carboxylic acids is 3. The molecule has 4 aromatic rings. The number of carbonyl (C=O) groups is 3. The molecule has 1 fully saturated rings. The average Bonchev–Trinajstić information content (AvgIpc) is 3.52. The summed E-state index contributed by atoms with van der Waals surface area (Å²) in [4.78, 5) is 46.4. The zero-order valence-corrected chi connectivity index (χ0v) is 24.0. The first kappa shape index (κ1) is 26.7. The molecule has 4 atom stereocenters. The smallest absolute Gasteiger partial charge is 0.238 e. The fraction of sp³-hybridized carbons (Fsp3) is 0.194. The van der Waals surface area contributed by atoms with Crippen LogP contribution in [-0.4, -0.2) is 43.8 Å². The van der Waals surface area contributed by atoms with Crippen molar-refractivity contribution in [3.05, 3.63) is 125 Å². The predicted molar refractivity (Wildman–Crippen MR) is 165 cm³/mol. The fourth-order valence-electron chi connectivity index (χ4n) is 7.29. The number of amides is 1. The van der Waals surface area contributed by atoms with Gasteiger partial charge in [0.1, 0.15) is 23.0 Å². The lowest BCUT2D eigenvalue weighted by Crippen LogP contribution is -2.51. The van der Waals surface area contributed by atoms with Crippen LogP contribution in [0.25, 0.3) is 5.57 Å². The number of fused-ring (bicyclic) bond motifs is 6. The molecule has 0 bridgehead atoms. The molecule has 43 heavy (non-hydrogen) atoms. The highest BCUT2D eigenvalue weighted by molar-refractivity contribution is 6.18. The third kappa shape index (κ3) is 3.77. The van der Waals surface area contributed by atoms with E-state index >= 15 is 0 Å². The summed E-state index contributed by atoms with van der Waals surface area (Å²) in [5, 5.41) is 3.08.